The molecule has 0 bridgehead atoms. The van der Waals surface area contributed by atoms with E-state index >= 15 is 0 Å². The van der Waals surface area contributed by atoms with Gasteiger partial charge in [-0.1, -0.05) is 29.3 Å². The molecule has 4 aliphatic rings. The molecule has 39 heavy (non-hydrogen) atoms. The normalized spacial score (nSPS) is 31.7. The Balaban J connectivity index is 1.56. The number of aromatic hydroxyl groups is 1. The van der Waals surface area contributed by atoms with Crippen molar-refractivity contribution in [1.29, 1.82) is 0 Å². The second-order valence-corrected chi connectivity index (χ2v) is 11.1. The van der Waals surface area contributed by atoms with Gasteiger partial charge in [0.15, 0.2) is 0 Å². The van der Waals surface area contributed by atoms with Crippen molar-refractivity contribution < 1.29 is 38.6 Å². The third-order valence-electron chi connectivity index (χ3n) is 8.94. The number of nitrogens with zero attached hydrogens (tertiary/aromatic N) is 2. The number of fused-ring (bicyclic) bond motifs is 4. The predicted octanol–water partition coefficient (Wildman–Crippen LogP) is 3.81. The lowest BCUT2D eigenvalue weighted by Crippen LogP contribution is -2.48. The smallest absolute Gasteiger partial charge is 0.257 e. The fourth-order valence-corrected chi connectivity index (χ4v) is 7.33. The van der Waals surface area contributed by atoms with Gasteiger partial charge in [0.05, 0.1) is 41.0 Å². The van der Waals surface area contributed by atoms with Gasteiger partial charge in [-0.25, -0.2) is 9.29 Å². The number of allylic oxidation sites excluding steroid dienone is 2. The molecule has 1 saturated carbocycles. The zero-order chi connectivity index (χ0) is 28.0. The van der Waals surface area contributed by atoms with Crippen molar-refractivity contribution in [3.8, 4) is 11.5 Å². The molecule has 202 valence electrons. The molecule has 9 nitrogen and oxygen atoms in total. The highest BCUT2D eigenvalue weighted by Gasteiger charge is 2.68. The van der Waals surface area contributed by atoms with Gasteiger partial charge in [-0.05, 0) is 49.9 Å². The summed E-state index contributed by atoms with van der Waals surface area (Å²) in [6.45, 7) is 1.68. The van der Waals surface area contributed by atoms with Crippen LogP contribution in [0.3, 0.4) is 0 Å². The van der Waals surface area contributed by atoms with Crippen LogP contribution in [0.1, 0.15) is 31.2 Å². The van der Waals surface area contributed by atoms with Crippen LogP contribution in [0.4, 0.5) is 10.1 Å². The first-order chi connectivity index (χ1) is 18.5. The summed E-state index contributed by atoms with van der Waals surface area (Å²) in [7, 11) is 1.42. The quantitative estimate of drug-likeness (QED) is 0.336. The minimum Gasteiger partial charge on any atom is -0.508 e. The van der Waals surface area contributed by atoms with Crippen LogP contribution < -0.4 is 9.64 Å². The fraction of sp³-hybridized carbons (Fsp3) is 0.357. The average molecular weight is 555 g/mol. The lowest BCUT2D eigenvalue weighted by Gasteiger charge is -2.49. The topological polar surface area (TPSA) is 124 Å². The Morgan fingerprint density at radius 3 is 2.49 bits per heavy atom. The molecule has 11 heteroatoms. The van der Waals surface area contributed by atoms with E-state index in [1.54, 1.807) is 13.0 Å². The number of amides is 4. The van der Waals surface area contributed by atoms with Crippen molar-refractivity contribution in [3.05, 3.63) is 64.5 Å². The number of phenols is 1. The van der Waals surface area contributed by atoms with Crippen LogP contribution in [0.2, 0.25) is 5.02 Å². The van der Waals surface area contributed by atoms with Gasteiger partial charge >= 0.3 is 0 Å². The van der Waals surface area contributed by atoms with E-state index in [-0.39, 0.29) is 40.1 Å². The Hall–Kier alpha value is -3.76. The number of methoxy groups -OCH3 is 1. The second kappa shape index (κ2) is 8.62. The SMILES string of the molecule is COc1cc(O)ccc1[C@H]1C2=CC[C@@H]3C(=O)N(O)C(=O)[C@@H]3[C@@H]2C[C@H]2C(=O)N(c3ccc(F)c(Cl)c3)C(=O)[C@@]12C. The van der Waals surface area contributed by atoms with E-state index in [2.05, 4.69) is 0 Å². The average Bonchev–Trinajstić information content (AvgIpc) is 3.25. The number of halogens is 2. The van der Waals surface area contributed by atoms with E-state index in [4.69, 9.17) is 16.3 Å². The van der Waals surface area contributed by atoms with E-state index in [0.717, 1.165) is 11.0 Å². The minimum atomic E-state index is -1.36. The van der Waals surface area contributed by atoms with Crippen molar-refractivity contribution in [2.75, 3.05) is 12.0 Å². The van der Waals surface area contributed by atoms with Gasteiger partial charge in [0, 0.05) is 17.5 Å². The number of hydroxylamine groups is 2. The monoisotopic (exact) mass is 554 g/mol. The van der Waals surface area contributed by atoms with Crippen LogP contribution >= 0.6 is 11.6 Å². The molecule has 4 amide bonds. The second-order valence-electron chi connectivity index (χ2n) is 10.7. The van der Waals surface area contributed by atoms with Crippen molar-refractivity contribution >= 4 is 40.9 Å². The summed E-state index contributed by atoms with van der Waals surface area (Å²) in [4.78, 5) is 54.9. The van der Waals surface area contributed by atoms with Crippen LogP contribution in [0.5, 0.6) is 11.5 Å². The Bertz CT molecular complexity index is 1510. The summed E-state index contributed by atoms with van der Waals surface area (Å²) in [6, 6.07) is 8.07. The first-order valence-electron chi connectivity index (χ1n) is 12.5. The molecule has 6 atom stereocenters. The van der Waals surface area contributed by atoms with Gasteiger partial charge in [-0.2, -0.15) is 5.06 Å². The maximum Gasteiger partial charge on any atom is 0.257 e. The number of imide groups is 2. The molecular weight excluding hydrogens is 531 g/mol. The van der Waals surface area contributed by atoms with E-state index < -0.39 is 64.5 Å². The number of rotatable bonds is 3. The molecule has 2 aromatic rings. The molecule has 0 spiro atoms. The third kappa shape index (κ3) is 3.34. The van der Waals surface area contributed by atoms with E-state index in [9.17, 15) is 33.9 Å². The van der Waals surface area contributed by atoms with Gasteiger partial charge in [-0.15, -0.1) is 0 Å². The molecule has 0 unspecified atom stereocenters. The van der Waals surface area contributed by atoms with Crippen LogP contribution in [0.15, 0.2) is 48.0 Å². The molecule has 2 heterocycles. The minimum absolute atomic E-state index is 0.0637. The lowest BCUT2D eigenvalue weighted by atomic mass is 9.51. The zero-order valence-electron chi connectivity index (χ0n) is 20.9. The molecule has 0 aromatic heterocycles. The zero-order valence-corrected chi connectivity index (χ0v) is 21.7. The summed E-state index contributed by atoms with van der Waals surface area (Å²) in [5, 5.41) is 20.2. The third-order valence-corrected chi connectivity index (χ3v) is 9.23. The van der Waals surface area contributed by atoms with Gasteiger partial charge in [0.2, 0.25) is 11.8 Å². The van der Waals surface area contributed by atoms with Crippen LogP contribution in [0.25, 0.3) is 0 Å². The standard InChI is InChI=1S/C28H24ClFN2O7/c1-28-18(25(35)31(27(28)37)12-3-8-20(30)19(29)9-12)11-17-14(6-7-16-22(17)26(36)32(38)24(16)34)23(28)15-5-4-13(33)10-21(15)39-2/h3-6,8-10,16-18,22-23,33,38H,7,11H2,1-2H3/t16-,17+,18-,22-,23+,28+/m0/s1. The number of ether oxygens (including phenoxy) is 1. The van der Waals surface area contributed by atoms with E-state index in [0.29, 0.717) is 11.1 Å². The molecule has 2 N–H and O–H groups in total. The molecule has 3 fully saturated rings. The van der Waals surface area contributed by atoms with Crippen LogP contribution in [0, 0.1) is 34.9 Å². The van der Waals surface area contributed by atoms with Gasteiger partial charge in [0.1, 0.15) is 17.3 Å². The molecule has 2 aliphatic heterocycles. The lowest BCUT2D eigenvalue weighted by molar-refractivity contribution is -0.173. The summed E-state index contributed by atoms with van der Waals surface area (Å²) < 4.78 is 19.5. The predicted molar refractivity (Wildman–Crippen MR) is 134 cm³/mol. The number of phenolic OH excluding ortho intramolecular Hbond substituents is 1. The Morgan fingerprint density at radius 2 is 1.79 bits per heavy atom. The molecular formula is C28H24ClFN2O7. The highest BCUT2D eigenvalue weighted by atomic mass is 35.5. The summed E-state index contributed by atoms with van der Waals surface area (Å²) in [6.07, 6.45) is 2.09. The number of carbonyl (C=O) groups is 4. The summed E-state index contributed by atoms with van der Waals surface area (Å²) in [5.41, 5.74) is -0.0282. The number of carbonyl (C=O) groups excluding carboxylic acids is 4. The first-order valence-corrected chi connectivity index (χ1v) is 12.9. The van der Waals surface area contributed by atoms with E-state index in [1.807, 2.05) is 6.08 Å². The van der Waals surface area contributed by atoms with Crippen LogP contribution in [-0.2, 0) is 19.2 Å². The van der Waals surface area contributed by atoms with Gasteiger partial charge in [0.25, 0.3) is 11.8 Å². The number of hydrogen-bond donors (Lipinski definition) is 2. The van der Waals surface area contributed by atoms with Gasteiger partial charge in [-0.3, -0.25) is 24.4 Å². The van der Waals surface area contributed by atoms with Gasteiger partial charge < -0.3 is 9.84 Å². The molecule has 2 aromatic carbocycles. The van der Waals surface area contributed by atoms with Crippen molar-refractivity contribution in [3.63, 3.8) is 0 Å². The summed E-state index contributed by atoms with van der Waals surface area (Å²) in [5.74, 6) is -6.95. The van der Waals surface area contributed by atoms with Crippen molar-refractivity contribution in [1.82, 2.24) is 5.06 Å². The van der Waals surface area contributed by atoms with E-state index in [1.165, 1.54) is 31.4 Å². The Kier molecular flexibility index (Phi) is 5.64. The number of anilines is 1. The molecule has 0 radical (unpaired) electrons. The number of hydrogen-bond acceptors (Lipinski definition) is 7. The maximum atomic E-state index is 14.3. The summed E-state index contributed by atoms with van der Waals surface area (Å²) >= 11 is 5.99. The first kappa shape index (κ1) is 25.5. The number of benzene rings is 2. The largest absolute Gasteiger partial charge is 0.508 e. The van der Waals surface area contributed by atoms with Crippen molar-refractivity contribution in [2.24, 2.45) is 29.1 Å². The molecule has 2 saturated heterocycles. The molecule has 6 rings (SSSR count). The maximum absolute atomic E-state index is 14.3. The highest BCUT2D eigenvalue weighted by molar-refractivity contribution is 6.31. The Morgan fingerprint density at radius 1 is 1.05 bits per heavy atom. The Labute approximate surface area is 227 Å². The fourth-order valence-electron chi connectivity index (χ4n) is 7.15. The van der Waals surface area contributed by atoms with Crippen molar-refractivity contribution in [2.45, 2.75) is 25.7 Å². The molecule has 2 aliphatic carbocycles. The highest BCUT2D eigenvalue weighted by Crippen LogP contribution is 2.64. The van der Waals surface area contributed by atoms with Crippen LogP contribution in [-0.4, -0.2) is 46.1 Å².